The van der Waals surface area contributed by atoms with Gasteiger partial charge in [0.1, 0.15) is 17.5 Å². The molecule has 0 saturated carbocycles. The zero-order valence-corrected chi connectivity index (χ0v) is 14.7. The molecule has 1 aromatic rings. The summed E-state index contributed by atoms with van der Waals surface area (Å²) in [5.74, 6) is 0.118. The third-order valence-corrected chi connectivity index (χ3v) is 3.56. The lowest BCUT2D eigenvalue weighted by molar-refractivity contribution is 0.0586. The summed E-state index contributed by atoms with van der Waals surface area (Å²) < 4.78 is 16.2. The van der Waals surface area contributed by atoms with Crippen LogP contribution in [0.4, 0.5) is 0 Å². The Morgan fingerprint density at radius 3 is 2.58 bits per heavy atom. The highest BCUT2D eigenvalue weighted by Crippen LogP contribution is 2.20. The molecule has 1 saturated heterocycles. The first-order valence-electron chi connectivity index (χ1n) is 8.02. The van der Waals surface area contributed by atoms with E-state index in [1.54, 1.807) is 12.1 Å². The molecular weight excluding hydrogens is 310 g/mol. The van der Waals surface area contributed by atoms with E-state index in [0.717, 1.165) is 12.8 Å². The van der Waals surface area contributed by atoms with Gasteiger partial charge in [-0.25, -0.2) is 9.78 Å². The van der Waals surface area contributed by atoms with E-state index in [0.29, 0.717) is 18.8 Å². The molecule has 0 atom stereocenters. The highest BCUT2D eigenvalue weighted by atomic mass is 16.5. The van der Waals surface area contributed by atoms with E-state index in [4.69, 9.17) is 14.9 Å². The average molecular weight is 335 g/mol. The molecule has 0 amide bonds. The minimum Gasteiger partial charge on any atom is -0.490 e. The lowest BCUT2D eigenvalue weighted by Crippen LogP contribution is -2.44. The van der Waals surface area contributed by atoms with Gasteiger partial charge in [-0.3, -0.25) is 5.41 Å². The van der Waals surface area contributed by atoms with Gasteiger partial charge in [0, 0.05) is 38.2 Å². The molecule has 2 heterocycles. The number of piperidine rings is 1. The maximum atomic E-state index is 11.5. The molecule has 7 nitrogen and oxygen atoms in total. The van der Waals surface area contributed by atoms with Crippen LogP contribution in [0, 0.1) is 5.41 Å². The first kappa shape index (κ1) is 18.0. The Morgan fingerprint density at radius 1 is 1.33 bits per heavy atom. The standard InChI is InChI=1S/C17H25N3O4/c1-17(2,3)24-16(18)20-9-6-12(7-10-20)23-13-5-8-19-14(11-13)15(21)22-4/h5,8,11-12,18H,6-7,9-10H2,1-4H3. The first-order valence-corrected chi connectivity index (χ1v) is 8.02. The Hall–Kier alpha value is -2.31. The van der Waals surface area contributed by atoms with Crippen LogP contribution in [0.3, 0.4) is 0 Å². The number of esters is 1. The molecule has 1 aromatic heterocycles. The van der Waals surface area contributed by atoms with Crippen molar-refractivity contribution in [3.8, 4) is 5.75 Å². The van der Waals surface area contributed by atoms with Crippen molar-refractivity contribution in [2.24, 2.45) is 0 Å². The summed E-state index contributed by atoms with van der Waals surface area (Å²) >= 11 is 0. The van der Waals surface area contributed by atoms with E-state index in [9.17, 15) is 4.79 Å². The van der Waals surface area contributed by atoms with Crippen LogP contribution < -0.4 is 4.74 Å². The third-order valence-electron chi connectivity index (χ3n) is 3.56. The number of hydrogen-bond donors (Lipinski definition) is 1. The van der Waals surface area contributed by atoms with Crippen molar-refractivity contribution < 1.29 is 19.0 Å². The number of pyridine rings is 1. The number of carbonyl (C=O) groups excluding carboxylic acids is 1. The van der Waals surface area contributed by atoms with Crippen LogP contribution in [0.1, 0.15) is 44.1 Å². The molecule has 0 unspecified atom stereocenters. The van der Waals surface area contributed by atoms with Crippen LogP contribution in [0.25, 0.3) is 0 Å². The smallest absolute Gasteiger partial charge is 0.356 e. The Morgan fingerprint density at radius 2 is 2.00 bits per heavy atom. The van der Waals surface area contributed by atoms with Crippen LogP contribution in [0.2, 0.25) is 0 Å². The highest BCUT2D eigenvalue weighted by Gasteiger charge is 2.25. The van der Waals surface area contributed by atoms with Crippen molar-refractivity contribution in [3.63, 3.8) is 0 Å². The zero-order valence-electron chi connectivity index (χ0n) is 14.7. The summed E-state index contributed by atoms with van der Waals surface area (Å²) in [5.41, 5.74) is -0.140. The lowest BCUT2D eigenvalue weighted by atomic mass is 10.1. The van der Waals surface area contributed by atoms with Crippen LogP contribution >= 0.6 is 0 Å². The highest BCUT2D eigenvalue weighted by molar-refractivity contribution is 5.87. The molecule has 7 heteroatoms. The van der Waals surface area contributed by atoms with E-state index in [1.807, 2.05) is 25.7 Å². The average Bonchev–Trinajstić information content (AvgIpc) is 2.53. The normalized spacial score (nSPS) is 15.8. The van der Waals surface area contributed by atoms with Gasteiger partial charge in [-0.1, -0.05) is 0 Å². The molecule has 0 aliphatic carbocycles. The predicted octanol–water partition coefficient (Wildman–Crippen LogP) is 2.46. The molecule has 2 rings (SSSR count). The van der Waals surface area contributed by atoms with Crippen LogP contribution in [0.5, 0.6) is 5.75 Å². The SMILES string of the molecule is COC(=O)c1cc(OC2CCN(C(=N)OC(C)(C)C)CC2)ccn1. The lowest BCUT2D eigenvalue weighted by Gasteiger charge is -2.35. The van der Waals surface area contributed by atoms with E-state index in [1.165, 1.54) is 13.3 Å². The molecule has 132 valence electrons. The van der Waals surface area contributed by atoms with Gasteiger partial charge in [-0.2, -0.15) is 0 Å². The van der Waals surface area contributed by atoms with E-state index in [2.05, 4.69) is 9.72 Å². The molecule has 24 heavy (non-hydrogen) atoms. The number of amidine groups is 1. The number of nitrogens with zero attached hydrogens (tertiary/aromatic N) is 2. The Balaban J connectivity index is 1.87. The summed E-state index contributed by atoms with van der Waals surface area (Å²) in [6, 6.07) is 3.52. The molecule has 0 radical (unpaired) electrons. The maximum absolute atomic E-state index is 11.5. The quantitative estimate of drug-likeness (QED) is 0.519. The fraction of sp³-hybridized carbons (Fsp3) is 0.588. The summed E-state index contributed by atoms with van der Waals surface area (Å²) in [6.07, 6.45) is 3.14. The maximum Gasteiger partial charge on any atom is 0.356 e. The third kappa shape index (κ3) is 5.11. The van der Waals surface area contributed by atoms with Crippen LogP contribution in [-0.2, 0) is 9.47 Å². The number of methoxy groups -OCH3 is 1. The molecular formula is C17H25N3O4. The largest absolute Gasteiger partial charge is 0.490 e. The van der Waals surface area contributed by atoms with Gasteiger partial charge in [0.05, 0.1) is 7.11 Å². The van der Waals surface area contributed by atoms with Crippen LogP contribution in [-0.4, -0.2) is 53.8 Å². The number of nitrogens with one attached hydrogen (secondary N) is 1. The molecule has 1 aliphatic heterocycles. The van der Waals surface area contributed by atoms with Crippen molar-refractivity contribution in [1.82, 2.24) is 9.88 Å². The van der Waals surface area contributed by atoms with Gasteiger partial charge in [0.2, 0.25) is 0 Å². The van der Waals surface area contributed by atoms with Crippen molar-refractivity contribution in [2.45, 2.75) is 45.3 Å². The second kappa shape index (κ2) is 7.51. The molecule has 0 spiro atoms. The number of hydrogen-bond acceptors (Lipinski definition) is 6. The number of ether oxygens (including phenoxy) is 3. The summed E-state index contributed by atoms with van der Waals surface area (Å²) in [6.45, 7) is 7.20. The molecule has 1 fully saturated rings. The van der Waals surface area contributed by atoms with E-state index in [-0.39, 0.29) is 23.4 Å². The van der Waals surface area contributed by atoms with E-state index < -0.39 is 5.97 Å². The van der Waals surface area contributed by atoms with Gasteiger partial charge in [0.15, 0.2) is 5.69 Å². The monoisotopic (exact) mass is 335 g/mol. The number of likely N-dealkylation sites (tertiary alicyclic amines) is 1. The fourth-order valence-electron chi connectivity index (χ4n) is 2.42. The van der Waals surface area contributed by atoms with Crippen molar-refractivity contribution in [3.05, 3.63) is 24.0 Å². The second-order valence-electron chi connectivity index (χ2n) is 6.69. The minimum atomic E-state index is -0.483. The molecule has 1 aliphatic rings. The molecule has 0 aromatic carbocycles. The van der Waals surface area contributed by atoms with E-state index >= 15 is 0 Å². The van der Waals surface area contributed by atoms with Crippen molar-refractivity contribution in [2.75, 3.05) is 20.2 Å². The number of carbonyl (C=O) groups is 1. The summed E-state index contributed by atoms with van der Waals surface area (Å²) in [7, 11) is 1.32. The summed E-state index contributed by atoms with van der Waals surface area (Å²) in [5, 5.41) is 8.03. The molecule has 1 N–H and O–H groups in total. The topological polar surface area (TPSA) is 84.7 Å². The van der Waals surface area contributed by atoms with Gasteiger partial charge in [-0.15, -0.1) is 0 Å². The zero-order chi connectivity index (χ0) is 17.7. The predicted molar refractivity (Wildman–Crippen MR) is 89.4 cm³/mol. The van der Waals surface area contributed by atoms with Gasteiger partial charge < -0.3 is 19.1 Å². The van der Waals surface area contributed by atoms with Gasteiger partial charge >= 0.3 is 5.97 Å². The Bertz CT molecular complexity index is 590. The Kier molecular flexibility index (Phi) is 5.64. The fourth-order valence-corrected chi connectivity index (χ4v) is 2.42. The van der Waals surface area contributed by atoms with Crippen molar-refractivity contribution >= 4 is 12.0 Å². The number of aromatic nitrogens is 1. The minimum absolute atomic E-state index is 0.0385. The van der Waals surface area contributed by atoms with Crippen molar-refractivity contribution in [1.29, 1.82) is 5.41 Å². The van der Waals surface area contributed by atoms with Gasteiger partial charge in [0.25, 0.3) is 6.02 Å². The Labute approximate surface area is 142 Å². The molecule has 0 bridgehead atoms. The number of rotatable bonds is 3. The first-order chi connectivity index (χ1) is 11.3. The summed E-state index contributed by atoms with van der Waals surface area (Å²) in [4.78, 5) is 17.4. The van der Waals surface area contributed by atoms with Crippen LogP contribution in [0.15, 0.2) is 18.3 Å². The second-order valence-corrected chi connectivity index (χ2v) is 6.69. The van der Waals surface area contributed by atoms with Gasteiger partial charge in [-0.05, 0) is 26.8 Å².